The molecule has 0 aromatic rings. The summed E-state index contributed by atoms with van der Waals surface area (Å²) in [5, 5.41) is 0. The van der Waals surface area contributed by atoms with E-state index in [4.69, 9.17) is 5.73 Å². The van der Waals surface area contributed by atoms with Crippen LogP contribution in [0.3, 0.4) is 0 Å². The summed E-state index contributed by atoms with van der Waals surface area (Å²) in [7, 11) is 0. The third-order valence-electron chi connectivity index (χ3n) is 4.90. The maximum absolute atomic E-state index is 12.5. The molecule has 0 aromatic heterocycles. The van der Waals surface area contributed by atoms with Crippen LogP contribution in [0.25, 0.3) is 0 Å². The maximum atomic E-state index is 12.5. The second-order valence-corrected chi connectivity index (χ2v) is 6.07. The predicted molar refractivity (Wildman–Crippen MR) is 72.1 cm³/mol. The average molecular weight is 262 g/mol. The van der Waals surface area contributed by atoms with Crippen molar-refractivity contribution in [2.24, 2.45) is 17.6 Å². The van der Waals surface area contributed by atoms with E-state index in [0.29, 0.717) is 12.8 Å². The lowest BCUT2D eigenvalue weighted by Gasteiger charge is -2.30. The van der Waals surface area contributed by atoms with Crippen molar-refractivity contribution >= 4 is 11.8 Å². The molecule has 2 fully saturated rings. The van der Waals surface area contributed by atoms with E-state index in [2.05, 4.69) is 0 Å². The van der Waals surface area contributed by atoms with Crippen molar-refractivity contribution in [2.45, 2.75) is 57.0 Å². The van der Waals surface area contributed by atoms with Crippen molar-refractivity contribution in [3.05, 3.63) is 12.2 Å². The molecule has 0 bridgehead atoms. The lowest BCUT2D eigenvalue weighted by atomic mass is 9.85. The van der Waals surface area contributed by atoms with Gasteiger partial charge >= 0.3 is 0 Å². The monoisotopic (exact) mass is 262 g/mol. The van der Waals surface area contributed by atoms with Crippen molar-refractivity contribution < 1.29 is 9.59 Å². The maximum Gasteiger partial charge on any atom is 0.233 e. The largest absolute Gasteiger partial charge is 0.326 e. The number of nitrogens with zero attached hydrogens (tertiary/aromatic N) is 1. The molecule has 19 heavy (non-hydrogen) atoms. The van der Waals surface area contributed by atoms with Gasteiger partial charge in [0.2, 0.25) is 11.8 Å². The predicted octanol–water partition coefficient (Wildman–Crippen LogP) is 1.60. The molecule has 0 aromatic carbocycles. The van der Waals surface area contributed by atoms with Gasteiger partial charge in [0, 0.05) is 6.04 Å². The summed E-state index contributed by atoms with van der Waals surface area (Å²) in [6.45, 7) is 0. The Labute approximate surface area is 114 Å². The topological polar surface area (TPSA) is 63.4 Å². The zero-order valence-electron chi connectivity index (χ0n) is 11.3. The van der Waals surface area contributed by atoms with E-state index in [1.807, 2.05) is 12.2 Å². The zero-order chi connectivity index (χ0) is 13.4. The Morgan fingerprint density at radius 2 is 1.53 bits per heavy atom. The fourth-order valence-electron chi connectivity index (χ4n) is 3.79. The summed E-state index contributed by atoms with van der Waals surface area (Å²) >= 11 is 0. The van der Waals surface area contributed by atoms with Crippen LogP contribution in [-0.4, -0.2) is 28.8 Å². The van der Waals surface area contributed by atoms with Crippen LogP contribution in [0.2, 0.25) is 0 Å². The molecule has 0 spiro atoms. The van der Waals surface area contributed by atoms with Gasteiger partial charge in [0.1, 0.15) is 0 Å². The molecular formula is C15H22N2O2. The number of rotatable bonds is 1. The summed E-state index contributed by atoms with van der Waals surface area (Å²) in [4.78, 5) is 26.6. The Bertz CT molecular complexity index is 392. The van der Waals surface area contributed by atoms with Gasteiger partial charge in [0.05, 0.1) is 17.9 Å². The van der Waals surface area contributed by atoms with Crippen LogP contribution in [-0.2, 0) is 9.59 Å². The van der Waals surface area contributed by atoms with Gasteiger partial charge in [0.15, 0.2) is 0 Å². The molecule has 1 heterocycles. The Morgan fingerprint density at radius 3 is 2.16 bits per heavy atom. The molecule has 0 radical (unpaired) electrons. The molecule has 1 saturated carbocycles. The van der Waals surface area contributed by atoms with Crippen LogP contribution >= 0.6 is 0 Å². The van der Waals surface area contributed by atoms with Crippen molar-refractivity contribution in [2.75, 3.05) is 0 Å². The van der Waals surface area contributed by atoms with Crippen LogP contribution < -0.4 is 5.73 Å². The fraction of sp³-hybridized carbons (Fsp3) is 0.733. The molecule has 2 aliphatic carbocycles. The standard InChI is InChI=1S/C15H22N2O2/c16-12-8-2-1-3-9-13(12)17-14(18)10-6-4-5-7-11(10)15(17)19/h4-5,10-13H,1-3,6-9,16H2. The zero-order valence-corrected chi connectivity index (χ0v) is 11.3. The number of nitrogens with two attached hydrogens (primary N) is 1. The van der Waals surface area contributed by atoms with Gasteiger partial charge in [-0.25, -0.2) is 0 Å². The van der Waals surface area contributed by atoms with Crippen LogP contribution in [0.5, 0.6) is 0 Å². The molecule has 2 amide bonds. The Morgan fingerprint density at radius 1 is 0.947 bits per heavy atom. The van der Waals surface area contributed by atoms with Gasteiger partial charge in [-0.15, -0.1) is 0 Å². The summed E-state index contributed by atoms with van der Waals surface area (Å²) in [6.07, 6.45) is 10.6. The highest BCUT2D eigenvalue weighted by Gasteiger charge is 2.50. The minimum atomic E-state index is -0.118. The van der Waals surface area contributed by atoms with E-state index >= 15 is 0 Å². The number of allylic oxidation sites excluding steroid dienone is 2. The Balaban J connectivity index is 1.84. The van der Waals surface area contributed by atoms with Gasteiger partial charge in [-0.3, -0.25) is 14.5 Å². The van der Waals surface area contributed by atoms with E-state index in [9.17, 15) is 9.59 Å². The molecule has 2 N–H and O–H groups in total. The first-order valence-corrected chi connectivity index (χ1v) is 7.47. The van der Waals surface area contributed by atoms with Crippen molar-refractivity contribution in [1.82, 2.24) is 4.90 Å². The van der Waals surface area contributed by atoms with Gasteiger partial charge in [-0.05, 0) is 25.7 Å². The first-order valence-electron chi connectivity index (χ1n) is 7.47. The first-order chi connectivity index (χ1) is 9.20. The Hall–Kier alpha value is -1.16. The third kappa shape index (κ3) is 2.12. The number of fused-ring (bicyclic) bond motifs is 1. The number of amides is 2. The minimum absolute atomic E-state index is 0.0294. The number of imide groups is 1. The van der Waals surface area contributed by atoms with Gasteiger partial charge in [0.25, 0.3) is 0 Å². The molecular weight excluding hydrogens is 240 g/mol. The molecule has 4 nitrogen and oxygen atoms in total. The number of likely N-dealkylation sites (tertiary alicyclic amines) is 1. The number of carbonyl (C=O) groups is 2. The fourth-order valence-corrected chi connectivity index (χ4v) is 3.79. The van der Waals surface area contributed by atoms with Crippen molar-refractivity contribution in [3.8, 4) is 0 Å². The molecule has 4 atom stereocenters. The van der Waals surface area contributed by atoms with E-state index in [1.54, 1.807) is 4.90 Å². The highest BCUT2D eigenvalue weighted by Crippen LogP contribution is 2.38. The molecule has 4 heteroatoms. The van der Waals surface area contributed by atoms with E-state index in [0.717, 1.165) is 32.1 Å². The quantitative estimate of drug-likeness (QED) is 0.443. The van der Waals surface area contributed by atoms with Crippen LogP contribution in [0.4, 0.5) is 0 Å². The summed E-state index contributed by atoms with van der Waals surface area (Å²) < 4.78 is 0. The summed E-state index contributed by atoms with van der Waals surface area (Å²) in [5.74, 6) is -0.177. The number of hydrogen-bond acceptors (Lipinski definition) is 3. The molecule has 1 saturated heterocycles. The molecule has 104 valence electrons. The minimum Gasteiger partial charge on any atom is -0.326 e. The molecule has 1 aliphatic heterocycles. The number of hydrogen-bond donors (Lipinski definition) is 1. The van der Waals surface area contributed by atoms with Gasteiger partial charge in [-0.1, -0.05) is 31.4 Å². The molecule has 3 aliphatic rings. The van der Waals surface area contributed by atoms with Crippen LogP contribution in [0.15, 0.2) is 12.2 Å². The average Bonchev–Trinajstić information content (AvgIpc) is 2.57. The normalized spacial score (nSPS) is 39.3. The summed E-state index contributed by atoms with van der Waals surface area (Å²) in [6, 6.07) is -0.100. The van der Waals surface area contributed by atoms with E-state index < -0.39 is 0 Å². The van der Waals surface area contributed by atoms with Crippen molar-refractivity contribution in [1.29, 1.82) is 0 Å². The van der Waals surface area contributed by atoms with Gasteiger partial charge in [-0.2, -0.15) is 0 Å². The lowest BCUT2D eigenvalue weighted by Crippen LogP contribution is -2.50. The first kappa shape index (κ1) is 12.9. The smallest absolute Gasteiger partial charge is 0.233 e. The highest BCUT2D eigenvalue weighted by molar-refractivity contribution is 6.05. The SMILES string of the molecule is NC1CCCCCC1N1C(=O)C2CC=CCC2C1=O. The van der Waals surface area contributed by atoms with E-state index in [1.165, 1.54) is 0 Å². The van der Waals surface area contributed by atoms with Crippen LogP contribution in [0, 0.1) is 11.8 Å². The third-order valence-corrected chi connectivity index (χ3v) is 4.90. The lowest BCUT2D eigenvalue weighted by molar-refractivity contribution is -0.143. The highest BCUT2D eigenvalue weighted by atomic mass is 16.2. The van der Waals surface area contributed by atoms with Crippen molar-refractivity contribution in [3.63, 3.8) is 0 Å². The Kier molecular flexibility index (Phi) is 3.44. The van der Waals surface area contributed by atoms with E-state index in [-0.39, 0.29) is 35.7 Å². The van der Waals surface area contributed by atoms with Gasteiger partial charge < -0.3 is 5.73 Å². The number of carbonyl (C=O) groups excluding carboxylic acids is 2. The summed E-state index contributed by atoms with van der Waals surface area (Å²) in [5.41, 5.74) is 6.21. The second kappa shape index (κ2) is 5.08. The molecule has 4 unspecified atom stereocenters. The second-order valence-electron chi connectivity index (χ2n) is 6.07. The van der Waals surface area contributed by atoms with Crippen LogP contribution in [0.1, 0.15) is 44.9 Å². The molecule has 3 rings (SSSR count).